The summed E-state index contributed by atoms with van der Waals surface area (Å²) in [6.45, 7) is 3.95. The lowest BCUT2D eigenvalue weighted by atomic mass is 9.81. The second-order valence-corrected chi connectivity index (χ2v) is 9.66. The Morgan fingerprint density at radius 3 is 1.87 bits per heavy atom. The fourth-order valence-electron chi connectivity index (χ4n) is 4.38. The van der Waals surface area contributed by atoms with Crippen LogP contribution < -0.4 is 0 Å². The molecule has 0 spiro atoms. The SMILES string of the molecule is C[C@@H]1CC2=C(C[C@H](C)N1C(=O)OCc1ccccc1)C(=O)c1c(Br)ccc(Br)c1C2=O. The van der Waals surface area contributed by atoms with Gasteiger partial charge in [-0.1, -0.05) is 62.2 Å². The predicted octanol–water partition coefficient (Wildman–Crippen LogP) is 6.10. The molecule has 2 aromatic rings. The van der Waals surface area contributed by atoms with Gasteiger partial charge in [0.05, 0.1) is 0 Å². The summed E-state index contributed by atoms with van der Waals surface area (Å²) in [6.07, 6.45) is 0.176. The fourth-order valence-corrected chi connectivity index (χ4v) is 5.40. The maximum atomic E-state index is 13.4. The Bertz CT molecular complexity index is 1050. The number of nitrogens with zero attached hydrogens (tertiary/aromatic N) is 1. The number of hydrogen-bond acceptors (Lipinski definition) is 4. The molecule has 1 aliphatic heterocycles. The average Bonchev–Trinajstić information content (AvgIpc) is 2.88. The van der Waals surface area contributed by atoms with Crippen LogP contribution in [0.25, 0.3) is 0 Å². The minimum Gasteiger partial charge on any atom is -0.445 e. The van der Waals surface area contributed by atoms with Gasteiger partial charge in [0, 0.05) is 43.3 Å². The van der Waals surface area contributed by atoms with Crippen molar-refractivity contribution in [3.8, 4) is 0 Å². The summed E-state index contributed by atoms with van der Waals surface area (Å²) in [6, 6.07) is 12.4. The number of ether oxygens (including phenoxy) is 1. The molecule has 2 aromatic carbocycles. The highest BCUT2D eigenvalue weighted by atomic mass is 79.9. The Morgan fingerprint density at radius 2 is 1.39 bits per heavy atom. The zero-order chi connectivity index (χ0) is 22.3. The Labute approximate surface area is 197 Å². The van der Waals surface area contributed by atoms with Gasteiger partial charge in [-0.3, -0.25) is 9.59 Å². The molecule has 1 amide bonds. The van der Waals surface area contributed by atoms with Crippen molar-refractivity contribution < 1.29 is 19.1 Å². The van der Waals surface area contributed by atoms with Gasteiger partial charge >= 0.3 is 6.09 Å². The third-order valence-electron chi connectivity index (χ3n) is 5.83. The lowest BCUT2D eigenvalue weighted by Crippen LogP contribution is -2.44. The molecule has 0 N–H and O–H groups in total. The van der Waals surface area contributed by atoms with E-state index in [9.17, 15) is 14.4 Å². The summed E-state index contributed by atoms with van der Waals surface area (Å²) in [7, 11) is 0. The highest BCUT2D eigenvalue weighted by molar-refractivity contribution is 9.11. The molecule has 2 atom stereocenters. The molecule has 1 heterocycles. The first-order valence-electron chi connectivity index (χ1n) is 10.1. The molecule has 2 aliphatic rings. The van der Waals surface area contributed by atoms with Crippen molar-refractivity contribution in [2.24, 2.45) is 0 Å². The third kappa shape index (κ3) is 4.01. The Balaban J connectivity index is 1.61. The molecule has 0 saturated heterocycles. The summed E-state index contributed by atoms with van der Waals surface area (Å²) in [5, 5.41) is 0. The van der Waals surface area contributed by atoms with E-state index in [1.807, 2.05) is 44.2 Å². The summed E-state index contributed by atoms with van der Waals surface area (Å²) in [4.78, 5) is 41.3. The predicted molar refractivity (Wildman–Crippen MR) is 124 cm³/mol. The highest BCUT2D eigenvalue weighted by Gasteiger charge is 2.41. The van der Waals surface area contributed by atoms with E-state index >= 15 is 0 Å². The van der Waals surface area contributed by atoms with Crippen LogP contribution >= 0.6 is 31.9 Å². The molecule has 4 rings (SSSR count). The normalized spacial score (nSPS) is 20.8. The molecule has 31 heavy (non-hydrogen) atoms. The molecule has 0 aromatic heterocycles. The van der Waals surface area contributed by atoms with E-state index in [1.54, 1.807) is 17.0 Å². The van der Waals surface area contributed by atoms with Crippen LogP contribution in [0.15, 0.2) is 62.6 Å². The number of benzene rings is 2. The number of fused-ring (bicyclic) bond motifs is 1. The largest absolute Gasteiger partial charge is 0.445 e. The first kappa shape index (κ1) is 22.0. The standard InChI is InChI=1S/C24H21Br2NO4/c1-13-10-16-17(23(29)21-19(26)9-8-18(25)20(21)22(16)28)11-14(2)27(13)24(30)31-12-15-6-4-3-5-7-15/h3-9,13-14H,10-12H2,1-2H3/t13-,14+. The number of ketones is 2. The van der Waals surface area contributed by atoms with E-state index in [-0.39, 0.29) is 30.3 Å². The van der Waals surface area contributed by atoms with Crippen LogP contribution in [-0.2, 0) is 11.3 Å². The first-order chi connectivity index (χ1) is 14.8. The first-order valence-corrected chi connectivity index (χ1v) is 11.7. The van der Waals surface area contributed by atoms with Crippen molar-refractivity contribution in [3.05, 3.63) is 79.2 Å². The second-order valence-electron chi connectivity index (χ2n) is 7.95. The Hall–Kier alpha value is -2.25. The Kier molecular flexibility index (Phi) is 6.17. The number of Topliss-reactive ketones (excluding diaryl/α,β-unsaturated/α-hetero) is 2. The number of carbonyl (C=O) groups is 3. The molecule has 0 saturated carbocycles. The van der Waals surface area contributed by atoms with Crippen molar-refractivity contribution in [3.63, 3.8) is 0 Å². The van der Waals surface area contributed by atoms with Gasteiger partial charge < -0.3 is 9.64 Å². The molecular formula is C24H21Br2NO4. The summed E-state index contributed by atoms with van der Waals surface area (Å²) >= 11 is 6.85. The number of hydrogen-bond donors (Lipinski definition) is 0. The lowest BCUT2D eigenvalue weighted by Gasteiger charge is -2.32. The van der Waals surface area contributed by atoms with Crippen molar-refractivity contribution in [1.82, 2.24) is 4.90 Å². The molecule has 1 aliphatic carbocycles. The van der Waals surface area contributed by atoms with E-state index in [1.165, 1.54) is 0 Å². The molecule has 7 heteroatoms. The van der Waals surface area contributed by atoms with Gasteiger partial charge in [-0.25, -0.2) is 4.79 Å². The van der Waals surface area contributed by atoms with E-state index in [0.717, 1.165) is 5.56 Å². The molecule has 0 unspecified atom stereocenters. The fraction of sp³-hybridized carbons (Fsp3) is 0.292. The number of amides is 1. The number of rotatable bonds is 2. The van der Waals surface area contributed by atoms with Crippen LogP contribution in [-0.4, -0.2) is 34.6 Å². The van der Waals surface area contributed by atoms with Crippen molar-refractivity contribution in [2.45, 2.75) is 45.4 Å². The lowest BCUT2D eigenvalue weighted by molar-refractivity contribution is 0.0682. The monoisotopic (exact) mass is 545 g/mol. The third-order valence-corrected chi connectivity index (χ3v) is 7.16. The number of halogens is 2. The van der Waals surface area contributed by atoms with E-state index in [2.05, 4.69) is 31.9 Å². The molecular weight excluding hydrogens is 526 g/mol. The van der Waals surface area contributed by atoms with Crippen LogP contribution in [0.1, 0.15) is 53.0 Å². The molecule has 0 radical (unpaired) electrons. The van der Waals surface area contributed by atoms with E-state index in [0.29, 0.717) is 44.1 Å². The van der Waals surface area contributed by atoms with Crippen LogP contribution in [0.4, 0.5) is 4.79 Å². The quantitative estimate of drug-likeness (QED) is 0.456. The zero-order valence-electron chi connectivity index (χ0n) is 17.2. The smallest absolute Gasteiger partial charge is 0.410 e. The molecule has 0 fully saturated rings. The van der Waals surface area contributed by atoms with E-state index < -0.39 is 6.09 Å². The van der Waals surface area contributed by atoms with Gasteiger partial charge in [-0.2, -0.15) is 0 Å². The van der Waals surface area contributed by atoms with Crippen molar-refractivity contribution in [2.75, 3.05) is 0 Å². The van der Waals surface area contributed by atoms with Gasteiger partial charge in [0.15, 0.2) is 11.6 Å². The molecule has 0 bridgehead atoms. The minimum absolute atomic E-state index is 0.156. The van der Waals surface area contributed by atoms with Crippen molar-refractivity contribution >= 4 is 49.5 Å². The summed E-state index contributed by atoms with van der Waals surface area (Å²) in [5.41, 5.74) is 2.66. The minimum atomic E-state index is -0.441. The van der Waals surface area contributed by atoms with Crippen LogP contribution in [0, 0.1) is 0 Å². The van der Waals surface area contributed by atoms with Gasteiger partial charge in [0.1, 0.15) is 6.61 Å². The maximum absolute atomic E-state index is 13.4. The summed E-state index contributed by atoms with van der Waals surface area (Å²) in [5.74, 6) is -0.312. The number of carbonyl (C=O) groups excluding carboxylic acids is 3. The van der Waals surface area contributed by atoms with E-state index in [4.69, 9.17) is 4.74 Å². The zero-order valence-corrected chi connectivity index (χ0v) is 20.3. The molecule has 5 nitrogen and oxygen atoms in total. The topological polar surface area (TPSA) is 63.7 Å². The summed E-state index contributed by atoms with van der Waals surface area (Å²) < 4.78 is 6.75. The van der Waals surface area contributed by atoms with Gasteiger partial charge in [-0.05, 0) is 44.4 Å². The second kappa shape index (κ2) is 8.71. The highest BCUT2D eigenvalue weighted by Crippen LogP contribution is 2.40. The average molecular weight is 547 g/mol. The van der Waals surface area contributed by atoms with Gasteiger partial charge in [0.25, 0.3) is 0 Å². The van der Waals surface area contributed by atoms with Crippen LogP contribution in [0.2, 0.25) is 0 Å². The maximum Gasteiger partial charge on any atom is 0.410 e. The molecule has 160 valence electrons. The van der Waals surface area contributed by atoms with Crippen LogP contribution in [0.3, 0.4) is 0 Å². The van der Waals surface area contributed by atoms with Crippen molar-refractivity contribution in [1.29, 1.82) is 0 Å². The van der Waals surface area contributed by atoms with Gasteiger partial charge in [0.2, 0.25) is 0 Å². The Morgan fingerprint density at radius 1 is 0.903 bits per heavy atom. The van der Waals surface area contributed by atoms with Gasteiger partial charge in [-0.15, -0.1) is 0 Å². The van der Waals surface area contributed by atoms with Crippen LogP contribution in [0.5, 0.6) is 0 Å².